The van der Waals surface area contributed by atoms with Gasteiger partial charge in [0.15, 0.2) is 0 Å². The van der Waals surface area contributed by atoms with Crippen LogP contribution in [0.15, 0.2) is 0 Å². The molecule has 0 saturated heterocycles. The van der Waals surface area contributed by atoms with Crippen LogP contribution in [0, 0.1) is 17.3 Å². The molecular weight excluding hydrogens is 204 g/mol. The van der Waals surface area contributed by atoms with Gasteiger partial charge in [0.05, 0.1) is 0 Å². The van der Waals surface area contributed by atoms with E-state index in [0.717, 1.165) is 19.3 Å². The predicted molar refractivity (Wildman–Crippen MR) is 62.2 cm³/mol. The summed E-state index contributed by atoms with van der Waals surface area (Å²) in [7, 11) is 0. The molecule has 0 radical (unpaired) electrons. The van der Waals surface area contributed by atoms with Crippen LogP contribution in [0.4, 0.5) is 0 Å². The molecule has 1 rings (SSSR count). The first-order valence-electron chi connectivity index (χ1n) is 6.21. The maximum atomic E-state index is 11.9. The van der Waals surface area contributed by atoms with E-state index in [9.17, 15) is 14.7 Å². The van der Waals surface area contributed by atoms with Crippen molar-refractivity contribution in [1.29, 1.82) is 0 Å². The summed E-state index contributed by atoms with van der Waals surface area (Å²) < 4.78 is 0. The van der Waals surface area contributed by atoms with Crippen LogP contribution in [0.2, 0.25) is 0 Å². The lowest BCUT2D eigenvalue weighted by atomic mass is 9.69. The van der Waals surface area contributed by atoms with Crippen LogP contribution in [-0.4, -0.2) is 16.9 Å². The van der Waals surface area contributed by atoms with Gasteiger partial charge >= 0.3 is 5.97 Å². The summed E-state index contributed by atoms with van der Waals surface area (Å²) in [5.74, 6) is -0.510. The van der Waals surface area contributed by atoms with E-state index in [1.165, 1.54) is 0 Å². The lowest BCUT2D eigenvalue weighted by Gasteiger charge is -2.32. The number of aliphatic carboxylic acids is 1. The normalized spacial score (nSPS) is 27.4. The van der Waals surface area contributed by atoms with E-state index >= 15 is 0 Å². The van der Waals surface area contributed by atoms with Crippen molar-refractivity contribution in [2.75, 3.05) is 0 Å². The Morgan fingerprint density at radius 1 is 1.50 bits per heavy atom. The number of carbonyl (C=O) groups excluding carboxylic acids is 1. The minimum absolute atomic E-state index is 0.000000000000000222. The third-order valence-electron chi connectivity index (χ3n) is 3.80. The Kier molecular flexibility index (Phi) is 4.11. The summed E-state index contributed by atoms with van der Waals surface area (Å²) in [6, 6.07) is 0. The van der Waals surface area contributed by atoms with Gasteiger partial charge in [-0.3, -0.25) is 9.59 Å². The average Bonchev–Trinajstić information content (AvgIpc) is 2.57. The number of carboxylic acids is 1. The summed E-state index contributed by atoms with van der Waals surface area (Å²) in [4.78, 5) is 23.4. The standard InChI is InChI=1S/C13H22O3/c1-4-10(8-9(2)3)13(12(15)16)7-5-6-11(13)14/h9-10H,4-8H2,1-3H3,(H,15,16). The van der Waals surface area contributed by atoms with E-state index in [0.29, 0.717) is 18.8 Å². The lowest BCUT2D eigenvalue weighted by molar-refractivity contribution is -0.157. The van der Waals surface area contributed by atoms with Crippen LogP contribution in [0.1, 0.15) is 52.9 Å². The average molecular weight is 226 g/mol. The molecule has 16 heavy (non-hydrogen) atoms. The van der Waals surface area contributed by atoms with E-state index < -0.39 is 11.4 Å². The molecule has 1 N–H and O–H groups in total. The zero-order valence-electron chi connectivity index (χ0n) is 10.5. The molecule has 2 unspecified atom stereocenters. The van der Waals surface area contributed by atoms with Gasteiger partial charge in [-0.1, -0.05) is 27.2 Å². The molecule has 1 aliphatic carbocycles. The van der Waals surface area contributed by atoms with Crippen molar-refractivity contribution in [2.24, 2.45) is 17.3 Å². The van der Waals surface area contributed by atoms with Crippen molar-refractivity contribution in [1.82, 2.24) is 0 Å². The molecule has 0 amide bonds. The van der Waals surface area contributed by atoms with Crippen LogP contribution >= 0.6 is 0 Å². The third kappa shape index (κ3) is 2.13. The van der Waals surface area contributed by atoms with Crippen molar-refractivity contribution in [3.05, 3.63) is 0 Å². The molecule has 0 aromatic carbocycles. The maximum Gasteiger partial charge on any atom is 0.317 e. The molecule has 0 aromatic heterocycles. The Bertz CT molecular complexity index is 283. The van der Waals surface area contributed by atoms with Gasteiger partial charge in [0.25, 0.3) is 0 Å². The smallest absolute Gasteiger partial charge is 0.317 e. The Morgan fingerprint density at radius 3 is 2.44 bits per heavy atom. The first-order valence-corrected chi connectivity index (χ1v) is 6.21. The Labute approximate surface area is 97.2 Å². The van der Waals surface area contributed by atoms with Crippen LogP contribution < -0.4 is 0 Å². The molecule has 92 valence electrons. The molecule has 3 heteroatoms. The largest absolute Gasteiger partial charge is 0.480 e. The molecule has 0 aromatic rings. The minimum Gasteiger partial charge on any atom is -0.480 e. The van der Waals surface area contributed by atoms with Crippen molar-refractivity contribution < 1.29 is 14.7 Å². The van der Waals surface area contributed by atoms with Gasteiger partial charge < -0.3 is 5.11 Å². The number of Topliss-reactive ketones (excluding diaryl/α,β-unsaturated/α-hetero) is 1. The molecular formula is C13H22O3. The molecule has 1 fully saturated rings. The second kappa shape index (κ2) is 4.98. The summed E-state index contributed by atoms with van der Waals surface area (Å²) in [5, 5.41) is 9.43. The zero-order valence-corrected chi connectivity index (χ0v) is 10.5. The van der Waals surface area contributed by atoms with Crippen LogP contribution in [-0.2, 0) is 9.59 Å². The summed E-state index contributed by atoms with van der Waals surface area (Å²) in [6.45, 7) is 6.15. The van der Waals surface area contributed by atoms with E-state index in [4.69, 9.17) is 0 Å². The number of ketones is 1. The fourth-order valence-electron chi connectivity index (χ4n) is 3.01. The third-order valence-corrected chi connectivity index (χ3v) is 3.80. The number of carbonyl (C=O) groups is 2. The van der Waals surface area contributed by atoms with Gasteiger partial charge in [0.2, 0.25) is 0 Å². The first-order chi connectivity index (χ1) is 7.45. The number of rotatable bonds is 5. The first kappa shape index (κ1) is 13.2. The van der Waals surface area contributed by atoms with Crippen molar-refractivity contribution in [3.63, 3.8) is 0 Å². The highest BCUT2D eigenvalue weighted by Gasteiger charge is 2.53. The summed E-state index contributed by atoms with van der Waals surface area (Å²) in [6.07, 6.45) is 3.32. The lowest BCUT2D eigenvalue weighted by Crippen LogP contribution is -2.42. The molecule has 0 bridgehead atoms. The van der Waals surface area contributed by atoms with Gasteiger partial charge in [0, 0.05) is 6.42 Å². The fourth-order valence-corrected chi connectivity index (χ4v) is 3.01. The van der Waals surface area contributed by atoms with E-state index in [1.54, 1.807) is 0 Å². The number of hydrogen-bond donors (Lipinski definition) is 1. The topological polar surface area (TPSA) is 54.4 Å². The highest BCUT2D eigenvalue weighted by Crippen LogP contribution is 2.45. The quantitative estimate of drug-likeness (QED) is 0.733. The Hall–Kier alpha value is -0.860. The molecule has 0 spiro atoms. The minimum atomic E-state index is -1.07. The molecule has 0 aliphatic heterocycles. The monoisotopic (exact) mass is 226 g/mol. The van der Waals surface area contributed by atoms with E-state index in [-0.39, 0.29) is 11.7 Å². The van der Waals surface area contributed by atoms with Crippen molar-refractivity contribution in [2.45, 2.75) is 52.9 Å². The summed E-state index contributed by atoms with van der Waals surface area (Å²) >= 11 is 0. The van der Waals surface area contributed by atoms with Crippen LogP contribution in [0.25, 0.3) is 0 Å². The van der Waals surface area contributed by atoms with Gasteiger partial charge in [0.1, 0.15) is 11.2 Å². The SMILES string of the molecule is CCC(CC(C)C)C1(C(=O)O)CCCC1=O. The van der Waals surface area contributed by atoms with Crippen LogP contribution in [0.3, 0.4) is 0 Å². The predicted octanol–water partition coefficient (Wildman–Crippen LogP) is 2.88. The fraction of sp³-hybridized carbons (Fsp3) is 0.846. The second-order valence-corrected chi connectivity index (χ2v) is 5.29. The van der Waals surface area contributed by atoms with Crippen molar-refractivity contribution in [3.8, 4) is 0 Å². The van der Waals surface area contributed by atoms with E-state index in [2.05, 4.69) is 13.8 Å². The molecule has 3 nitrogen and oxygen atoms in total. The maximum absolute atomic E-state index is 11.9. The van der Waals surface area contributed by atoms with Gasteiger partial charge in [-0.15, -0.1) is 0 Å². The van der Waals surface area contributed by atoms with Gasteiger partial charge in [-0.05, 0) is 31.1 Å². The number of carboxylic acid groups (broad SMARTS) is 1. The Balaban J connectivity index is 2.99. The second-order valence-electron chi connectivity index (χ2n) is 5.29. The van der Waals surface area contributed by atoms with Gasteiger partial charge in [-0.25, -0.2) is 0 Å². The Morgan fingerprint density at radius 2 is 2.12 bits per heavy atom. The van der Waals surface area contributed by atoms with Gasteiger partial charge in [-0.2, -0.15) is 0 Å². The van der Waals surface area contributed by atoms with E-state index in [1.807, 2.05) is 6.92 Å². The summed E-state index contributed by atoms with van der Waals surface area (Å²) in [5.41, 5.74) is -1.07. The molecule has 2 atom stereocenters. The molecule has 1 aliphatic rings. The van der Waals surface area contributed by atoms with Crippen LogP contribution in [0.5, 0.6) is 0 Å². The zero-order chi connectivity index (χ0) is 12.3. The molecule has 1 saturated carbocycles. The molecule has 0 heterocycles. The highest BCUT2D eigenvalue weighted by atomic mass is 16.4. The van der Waals surface area contributed by atoms with Crippen molar-refractivity contribution >= 4 is 11.8 Å². The number of hydrogen-bond acceptors (Lipinski definition) is 2. The highest BCUT2D eigenvalue weighted by molar-refractivity contribution is 6.04.